The molecule has 0 amide bonds. The van der Waals surface area contributed by atoms with E-state index in [0.717, 1.165) is 0 Å². The molecule has 0 unspecified atom stereocenters. The smallest absolute Gasteiger partial charge is 0.342 e. The van der Waals surface area contributed by atoms with Crippen molar-refractivity contribution in [2.45, 2.75) is 6.61 Å². The summed E-state index contributed by atoms with van der Waals surface area (Å²) in [4.78, 5) is 11.8. The lowest BCUT2D eigenvalue weighted by Gasteiger charge is -2.07. The van der Waals surface area contributed by atoms with Crippen LogP contribution in [-0.2, 0) is 11.3 Å². The molecule has 0 heterocycles. The average molecular weight is 288 g/mol. The van der Waals surface area contributed by atoms with Gasteiger partial charge in [0.15, 0.2) is 0 Å². The van der Waals surface area contributed by atoms with Gasteiger partial charge in [0.2, 0.25) is 0 Å². The number of esters is 1. The third-order valence-corrected chi connectivity index (χ3v) is 2.84. The molecule has 0 aliphatic heterocycles. The van der Waals surface area contributed by atoms with E-state index in [1.807, 2.05) is 6.07 Å². The van der Waals surface area contributed by atoms with Gasteiger partial charge in [0.05, 0.1) is 11.6 Å². The molecule has 0 fully saturated rings. The number of carbonyl (C=O) groups is 1. The number of phenols is 1. The van der Waals surface area contributed by atoms with E-state index < -0.39 is 5.97 Å². The summed E-state index contributed by atoms with van der Waals surface area (Å²) in [5, 5.41) is 18.7. The van der Waals surface area contributed by atoms with Crippen molar-refractivity contribution in [1.29, 1.82) is 5.26 Å². The van der Waals surface area contributed by atoms with Gasteiger partial charge in [0.25, 0.3) is 0 Å². The molecule has 0 atom stereocenters. The maximum atomic E-state index is 11.8. The Bertz CT molecular complexity index is 692. The minimum atomic E-state index is -0.674. The Hall–Kier alpha value is -2.51. The highest BCUT2D eigenvalue weighted by molar-refractivity contribution is 6.31. The van der Waals surface area contributed by atoms with Crippen LogP contribution in [-0.4, -0.2) is 11.1 Å². The highest BCUT2D eigenvalue weighted by atomic mass is 35.5. The number of nitriles is 1. The van der Waals surface area contributed by atoms with Gasteiger partial charge in [-0.05, 0) is 35.9 Å². The third-order valence-electron chi connectivity index (χ3n) is 2.60. The first-order chi connectivity index (χ1) is 9.60. The van der Waals surface area contributed by atoms with E-state index in [-0.39, 0.29) is 17.9 Å². The second-order valence-corrected chi connectivity index (χ2v) is 4.49. The molecule has 5 heteroatoms. The van der Waals surface area contributed by atoms with E-state index in [4.69, 9.17) is 21.6 Å². The van der Waals surface area contributed by atoms with Gasteiger partial charge in [-0.25, -0.2) is 4.79 Å². The normalized spacial score (nSPS) is 9.80. The summed E-state index contributed by atoms with van der Waals surface area (Å²) in [6, 6.07) is 12.9. The highest BCUT2D eigenvalue weighted by Gasteiger charge is 2.13. The zero-order valence-electron chi connectivity index (χ0n) is 10.3. The van der Waals surface area contributed by atoms with Crippen LogP contribution in [0.2, 0.25) is 5.02 Å². The minimum Gasteiger partial charge on any atom is -0.507 e. The number of hydrogen-bond acceptors (Lipinski definition) is 4. The Kier molecular flexibility index (Phi) is 4.24. The summed E-state index contributed by atoms with van der Waals surface area (Å²) < 4.78 is 5.08. The molecule has 2 rings (SSSR count). The Balaban J connectivity index is 2.09. The number of hydrogen-bond donors (Lipinski definition) is 1. The fourth-order valence-electron chi connectivity index (χ4n) is 1.63. The van der Waals surface area contributed by atoms with Crippen LogP contribution < -0.4 is 0 Å². The van der Waals surface area contributed by atoms with Crippen molar-refractivity contribution in [2.24, 2.45) is 0 Å². The molecule has 20 heavy (non-hydrogen) atoms. The molecule has 0 aliphatic carbocycles. The quantitative estimate of drug-likeness (QED) is 0.880. The Morgan fingerprint density at radius 1 is 1.30 bits per heavy atom. The number of carbonyl (C=O) groups excluding carboxylic acids is 1. The van der Waals surface area contributed by atoms with Crippen molar-refractivity contribution in [3.8, 4) is 11.8 Å². The standard InChI is InChI=1S/C15H10ClNO3/c16-12-4-5-14(18)13(7-12)15(19)20-9-11-3-1-2-10(6-11)8-17/h1-7,18H,9H2. The molecule has 0 radical (unpaired) electrons. The second-order valence-electron chi connectivity index (χ2n) is 4.05. The molecule has 2 aromatic rings. The van der Waals surface area contributed by atoms with Crippen LogP contribution in [0.3, 0.4) is 0 Å². The van der Waals surface area contributed by atoms with E-state index in [0.29, 0.717) is 16.1 Å². The second kappa shape index (κ2) is 6.09. The van der Waals surface area contributed by atoms with Crippen molar-refractivity contribution >= 4 is 17.6 Å². The summed E-state index contributed by atoms with van der Waals surface area (Å²) in [5.74, 6) is -0.863. The predicted octanol–water partition coefficient (Wildman–Crippen LogP) is 3.27. The van der Waals surface area contributed by atoms with E-state index >= 15 is 0 Å². The van der Waals surface area contributed by atoms with Crippen LogP contribution in [0.5, 0.6) is 5.75 Å². The first kappa shape index (κ1) is 13.9. The zero-order chi connectivity index (χ0) is 14.5. The molecule has 0 spiro atoms. The van der Waals surface area contributed by atoms with Gasteiger partial charge in [-0.2, -0.15) is 5.26 Å². The number of aromatic hydroxyl groups is 1. The first-order valence-corrected chi connectivity index (χ1v) is 6.12. The van der Waals surface area contributed by atoms with Crippen LogP contribution in [0.1, 0.15) is 21.5 Å². The Morgan fingerprint density at radius 2 is 2.10 bits per heavy atom. The SMILES string of the molecule is N#Cc1cccc(COC(=O)c2cc(Cl)ccc2O)c1. The number of rotatable bonds is 3. The molecule has 0 aromatic heterocycles. The number of phenolic OH excluding ortho intramolecular Hbond substituents is 1. The molecule has 2 aromatic carbocycles. The summed E-state index contributed by atoms with van der Waals surface area (Å²) in [6.45, 7) is 0.0142. The van der Waals surface area contributed by atoms with Gasteiger partial charge in [-0.15, -0.1) is 0 Å². The summed E-state index contributed by atoms with van der Waals surface area (Å²) >= 11 is 5.76. The summed E-state index contributed by atoms with van der Waals surface area (Å²) in [6.07, 6.45) is 0. The van der Waals surface area contributed by atoms with Gasteiger partial charge < -0.3 is 9.84 Å². The molecule has 4 nitrogen and oxygen atoms in total. The molecule has 1 N–H and O–H groups in total. The number of halogens is 1. The van der Waals surface area contributed by atoms with Crippen LogP contribution in [0.25, 0.3) is 0 Å². The van der Waals surface area contributed by atoms with Gasteiger partial charge in [-0.1, -0.05) is 23.7 Å². The molecular formula is C15H10ClNO3. The molecule has 0 aliphatic rings. The van der Waals surface area contributed by atoms with Crippen LogP contribution in [0.4, 0.5) is 0 Å². The molecule has 100 valence electrons. The molecule has 0 saturated carbocycles. The monoisotopic (exact) mass is 287 g/mol. The van der Waals surface area contributed by atoms with Gasteiger partial charge in [0.1, 0.15) is 17.9 Å². The third kappa shape index (κ3) is 3.28. The lowest BCUT2D eigenvalue weighted by atomic mass is 10.1. The fraction of sp³-hybridized carbons (Fsp3) is 0.0667. The summed E-state index contributed by atoms with van der Waals surface area (Å²) in [7, 11) is 0. The highest BCUT2D eigenvalue weighted by Crippen LogP contribution is 2.22. The van der Waals surface area contributed by atoms with E-state index in [2.05, 4.69) is 0 Å². The number of ether oxygens (including phenoxy) is 1. The topological polar surface area (TPSA) is 70.3 Å². The lowest BCUT2D eigenvalue weighted by molar-refractivity contribution is 0.0469. The number of nitrogens with zero attached hydrogens (tertiary/aromatic N) is 1. The van der Waals surface area contributed by atoms with Crippen LogP contribution >= 0.6 is 11.6 Å². The first-order valence-electron chi connectivity index (χ1n) is 5.75. The van der Waals surface area contributed by atoms with E-state index in [1.165, 1.54) is 18.2 Å². The van der Waals surface area contributed by atoms with Gasteiger partial charge >= 0.3 is 5.97 Å². The predicted molar refractivity (Wildman–Crippen MR) is 73.4 cm³/mol. The fourth-order valence-corrected chi connectivity index (χ4v) is 1.80. The van der Waals surface area contributed by atoms with Gasteiger partial charge in [-0.3, -0.25) is 0 Å². The maximum absolute atomic E-state index is 11.8. The van der Waals surface area contributed by atoms with Crippen molar-refractivity contribution in [2.75, 3.05) is 0 Å². The minimum absolute atomic E-state index is 0.00828. The molecular weight excluding hydrogens is 278 g/mol. The Labute approximate surface area is 120 Å². The zero-order valence-corrected chi connectivity index (χ0v) is 11.1. The van der Waals surface area contributed by atoms with Crippen molar-refractivity contribution in [1.82, 2.24) is 0 Å². The number of benzene rings is 2. The van der Waals surface area contributed by atoms with Gasteiger partial charge in [0, 0.05) is 5.02 Å². The van der Waals surface area contributed by atoms with Crippen molar-refractivity contribution in [3.63, 3.8) is 0 Å². The Morgan fingerprint density at radius 3 is 2.85 bits per heavy atom. The van der Waals surface area contributed by atoms with Crippen molar-refractivity contribution in [3.05, 3.63) is 64.2 Å². The summed E-state index contributed by atoms with van der Waals surface area (Å²) in [5.41, 5.74) is 1.19. The van der Waals surface area contributed by atoms with Crippen LogP contribution in [0, 0.1) is 11.3 Å². The largest absolute Gasteiger partial charge is 0.507 e. The van der Waals surface area contributed by atoms with Crippen molar-refractivity contribution < 1.29 is 14.6 Å². The van der Waals surface area contributed by atoms with Crippen LogP contribution in [0.15, 0.2) is 42.5 Å². The molecule has 0 saturated heterocycles. The average Bonchev–Trinajstić information content (AvgIpc) is 2.47. The molecule has 0 bridgehead atoms. The van der Waals surface area contributed by atoms with E-state index in [9.17, 15) is 9.90 Å². The van der Waals surface area contributed by atoms with E-state index in [1.54, 1.807) is 24.3 Å². The lowest BCUT2D eigenvalue weighted by Crippen LogP contribution is -2.05. The maximum Gasteiger partial charge on any atom is 0.342 e.